The van der Waals surface area contributed by atoms with E-state index in [1.807, 2.05) is 20.8 Å². The van der Waals surface area contributed by atoms with Crippen LogP contribution in [0.15, 0.2) is 42.5 Å². The molecule has 0 saturated heterocycles. The largest absolute Gasteiger partial charge is 0.497 e. The molecule has 2 rings (SSSR count). The van der Waals surface area contributed by atoms with Crippen molar-refractivity contribution < 1.29 is 19.1 Å². The van der Waals surface area contributed by atoms with Crippen LogP contribution in [0.2, 0.25) is 0 Å². The van der Waals surface area contributed by atoms with Crippen molar-refractivity contribution in [2.45, 2.75) is 20.8 Å². The van der Waals surface area contributed by atoms with Crippen molar-refractivity contribution in [2.24, 2.45) is 5.41 Å². The van der Waals surface area contributed by atoms with Gasteiger partial charge in [-0.1, -0.05) is 26.8 Å². The highest BCUT2D eigenvalue weighted by atomic mass is 16.5. The van der Waals surface area contributed by atoms with Gasteiger partial charge in [-0.2, -0.15) is 0 Å². The fourth-order valence-corrected chi connectivity index (χ4v) is 2.33. The fraction of sp³-hybridized carbons (Fsp3) is 0.333. The third kappa shape index (κ3) is 5.90. The first-order valence-electron chi connectivity index (χ1n) is 8.90. The number of rotatable bonds is 7. The second-order valence-electron chi connectivity index (χ2n) is 7.25. The molecule has 0 bridgehead atoms. The van der Waals surface area contributed by atoms with Crippen LogP contribution in [0.3, 0.4) is 0 Å². The van der Waals surface area contributed by atoms with E-state index in [1.165, 1.54) is 0 Å². The lowest BCUT2D eigenvalue weighted by Gasteiger charge is -2.18. The van der Waals surface area contributed by atoms with E-state index in [2.05, 4.69) is 16.0 Å². The molecule has 0 unspecified atom stereocenters. The maximum Gasteiger partial charge on any atom is 0.243 e. The molecule has 0 aromatic heterocycles. The number of nitrogens with one attached hydrogen (secondary N) is 3. The first kappa shape index (κ1) is 21.1. The van der Waals surface area contributed by atoms with E-state index in [4.69, 9.17) is 9.47 Å². The maximum absolute atomic E-state index is 12.3. The molecule has 7 nitrogen and oxygen atoms in total. The van der Waals surface area contributed by atoms with Gasteiger partial charge in [0, 0.05) is 22.9 Å². The van der Waals surface area contributed by atoms with Crippen LogP contribution < -0.4 is 25.4 Å². The average Bonchev–Trinajstić information content (AvgIpc) is 2.65. The van der Waals surface area contributed by atoms with Crippen LogP contribution >= 0.6 is 0 Å². The summed E-state index contributed by atoms with van der Waals surface area (Å²) in [6.07, 6.45) is 0. The van der Waals surface area contributed by atoms with Crippen molar-refractivity contribution in [3.63, 3.8) is 0 Å². The maximum atomic E-state index is 12.3. The predicted octanol–water partition coefficient (Wildman–Crippen LogP) is 3.74. The topological polar surface area (TPSA) is 88.7 Å². The molecule has 0 fully saturated rings. The summed E-state index contributed by atoms with van der Waals surface area (Å²) in [7, 11) is 3.13. The minimum Gasteiger partial charge on any atom is -0.497 e. The van der Waals surface area contributed by atoms with Crippen LogP contribution in [0.1, 0.15) is 20.8 Å². The summed E-state index contributed by atoms with van der Waals surface area (Å²) in [4.78, 5) is 24.4. The van der Waals surface area contributed by atoms with Crippen molar-refractivity contribution in [3.05, 3.63) is 42.5 Å². The van der Waals surface area contributed by atoms with Crippen LogP contribution in [-0.2, 0) is 9.59 Å². The Bertz CT molecular complexity index is 844. The molecule has 0 spiro atoms. The van der Waals surface area contributed by atoms with Crippen molar-refractivity contribution in [1.29, 1.82) is 0 Å². The van der Waals surface area contributed by atoms with Crippen molar-refractivity contribution in [3.8, 4) is 11.5 Å². The molecule has 0 radical (unpaired) electrons. The minimum atomic E-state index is -0.501. The Kier molecular flexibility index (Phi) is 6.87. The summed E-state index contributed by atoms with van der Waals surface area (Å²) >= 11 is 0. The Morgan fingerprint density at radius 3 is 2.21 bits per heavy atom. The summed E-state index contributed by atoms with van der Waals surface area (Å²) in [5.74, 6) is 0.943. The molecule has 0 aliphatic carbocycles. The number of benzene rings is 2. The van der Waals surface area contributed by atoms with E-state index in [9.17, 15) is 9.59 Å². The van der Waals surface area contributed by atoms with E-state index in [-0.39, 0.29) is 18.4 Å². The van der Waals surface area contributed by atoms with E-state index in [1.54, 1.807) is 56.7 Å². The Morgan fingerprint density at radius 1 is 0.929 bits per heavy atom. The van der Waals surface area contributed by atoms with Gasteiger partial charge < -0.3 is 25.4 Å². The Labute approximate surface area is 165 Å². The Morgan fingerprint density at radius 2 is 1.61 bits per heavy atom. The van der Waals surface area contributed by atoms with Gasteiger partial charge >= 0.3 is 0 Å². The van der Waals surface area contributed by atoms with Gasteiger partial charge in [0.2, 0.25) is 11.8 Å². The highest BCUT2D eigenvalue weighted by Gasteiger charge is 2.21. The van der Waals surface area contributed by atoms with Gasteiger partial charge in [-0.25, -0.2) is 0 Å². The van der Waals surface area contributed by atoms with Gasteiger partial charge in [0.25, 0.3) is 0 Å². The number of carbonyl (C=O) groups excluding carboxylic acids is 2. The minimum absolute atomic E-state index is 0.0438. The average molecular weight is 385 g/mol. The number of hydrogen-bond acceptors (Lipinski definition) is 5. The van der Waals surface area contributed by atoms with E-state index in [0.29, 0.717) is 28.6 Å². The first-order chi connectivity index (χ1) is 13.2. The lowest BCUT2D eigenvalue weighted by atomic mass is 9.95. The molecule has 0 aliphatic rings. The zero-order chi connectivity index (χ0) is 20.7. The second kappa shape index (κ2) is 9.12. The molecular weight excluding hydrogens is 358 g/mol. The standard InChI is InChI=1S/C21H27N3O4/c1-21(2,3)20(26)24-15-8-6-7-14(11-15)23-19(25)13-22-17-12-16(27-4)9-10-18(17)28-5/h6-12,22H,13H2,1-5H3,(H,23,25)(H,24,26). The molecule has 2 aromatic carbocycles. The predicted molar refractivity (Wildman–Crippen MR) is 111 cm³/mol. The van der Waals surface area contributed by atoms with Crippen LogP contribution in [0, 0.1) is 5.41 Å². The summed E-state index contributed by atoms with van der Waals surface area (Å²) in [6, 6.07) is 12.3. The first-order valence-corrected chi connectivity index (χ1v) is 8.90. The van der Waals surface area contributed by atoms with E-state index in [0.717, 1.165) is 0 Å². The quantitative estimate of drug-likeness (QED) is 0.676. The zero-order valence-electron chi connectivity index (χ0n) is 16.9. The van der Waals surface area contributed by atoms with E-state index >= 15 is 0 Å². The van der Waals surface area contributed by atoms with Crippen molar-refractivity contribution >= 4 is 28.9 Å². The summed E-state index contributed by atoms with van der Waals surface area (Å²) in [6.45, 7) is 5.56. The number of ether oxygens (including phenoxy) is 2. The molecule has 28 heavy (non-hydrogen) atoms. The molecule has 0 saturated carbocycles. The molecule has 0 atom stereocenters. The van der Waals surface area contributed by atoms with Gasteiger partial charge in [0.15, 0.2) is 0 Å². The fourth-order valence-electron chi connectivity index (χ4n) is 2.33. The second-order valence-corrected chi connectivity index (χ2v) is 7.25. The van der Waals surface area contributed by atoms with Gasteiger partial charge in [-0.05, 0) is 30.3 Å². The monoisotopic (exact) mass is 385 g/mol. The molecule has 0 aliphatic heterocycles. The summed E-state index contributed by atoms with van der Waals surface area (Å²) < 4.78 is 10.5. The Hall–Kier alpha value is -3.22. The molecule has 3 N–H and O–H groups in total. The normalized spacial score (nSPS) is 10.8. The molecular formula is C21H27N3O4. The van der Waals surface area contributed by atoms with Gasteiger partial charge in [-0.15, -0.1) is 0 Å². The van der Waals surface area contributed by atoms with Crippen LogP contribution in [0.4, 0.5) is 17.1 Å². The lowest BCUT2D eigenvalue weighted by molar-refractivity contribution is -0.123. The number of hydrogen-bond donors (Lipinski definition) is 3. The molecule has 150 valence electrons. The van der Waals surface area contributed by atoms with Gasteiger partial charge in [0.1, 0.15) is 11.5 Å². The number of anilines is 3. The molecule has 7 heteroatoms. The highest BCUT2D eigenvalue weighted by molar-refractivity contribution is 5.97. The van der Waals surface area contributed by atoms with Crippen molar-refractivity contribution in [2.75, 3.05) is 36.7 Å². The molecule has 2 aromatic rings. The summed E-state index contributed by atoms with van der Waals surface area (Å²) in [5.41, 5.74) is 1.37. The van der Waals surface area contributed by atoms with Crippen LogP contribution in [0.5, 0.6) is 11.5 Å². The van der Waals surface area contributed by atoms with Gasteiger partial charge in [-0.3, -0.25) is 9.59 Å². The third-order valence-corrected chi connectivity index (χ3v) is 3.93. The molecule has 2 amide bonds. The summed E-state index contributed by atoms with van der Waals surface area (Å²) in [5, 5.41) is 8.69. The van der Waals surface area contributed by atoms with Crippen LogP contribution in [0.25, 0.3) is 0 Å². The number of carbonyl (C=O) groups is 2. The SMILES string of the molecule is COc1ccc(OC)c(NCC(=O)Nc2cccc(NC(=O)C(C)(C)C)c2)c1. The van der Waals surface area contributed by atoms with Crippen molar-refractivity contribution in [1.82, 2.24) is 0 Å². The Balaban J connectivity index is 1.98. The lowest BCUT2D eigenvalue weighted by Crippen LogP contribution is -2.27. The zero-order valence-corrected chi connectivity index (χ0v) is 16.9. The van der Waals surface area contributed by atoms with E-state index < -0.39 is 5.41 Å². The number of methoxy groups -OCH3 is 2. The number of amides is 2. The highest BCUT2D eigenvalue weighted by Crippen LogP contribution is 2.28. The van der Waals surface area contributed by atoms with Crippen LogP contribution in [-0.4, -0.2) is 32.6 Å². The third-order valence-electron chi connectivity index (χ3n) is 3.93. The molecule has 0 heterocycles. The smallest absolute Gasteiger partial charge is 0.243 e. The van der Waals surface area contributed by atoms with Gasteiger partial charge in [0.05, 0.1) is 26.5 Å².